The van der Waals surface area contributed by atoms with E-state index in [1.165, 1.54) is 0 Å². The van der Waals surface area contributed by atoms with Crippen LogP contribution in [0.15, 0.2) is 41.4 Å². The molecule has 1 aromatic carbocycles. The minimum absolute atomic E-state index is 0.218. The molecule has 6 heteroatoms. The molecule has 0 radical (unpaired) electrons. The van der Waals surface area contributed by atoms with E-state index in [0.29, 0.717) is 31.7 Å². The first-order valence-corrected chi connectivity index (χ1v) is 8.54. The summed E-state index contributed by atoms with van der Waals surface area (Å²) in [5.74, 6) is 0. The number of sulfonamides is 1. The molecule has 0 saturated heterocycles. The Morgan fingerprint density at radius 2 is 2.00 bits per heavy atom. The molecule has 21 heavy (non-hydrogen) atoms. The zero-order valence-corrected chi connectivity index (χ0v) is 12.9. The molecule has 2 rings (SSSR count). The number of ether oxygens (including phenoxy) is 1. The van der Waals surface area contributed by atoms with Crippen molar-refractivity contribution in [3.8, 4) is 0 Å². The summed E-state index contributed by atoms with van der Waals surface area (Å²) in [7, 11) is -3.55. The number of nitrogens with one attached hydrogen (secondary N) is 1. The van der Waals surface area contributed by atoms with Crippen LogP contribution in [-0.2, 0) is 14.8 Å². The standard InChI is InChI=1S/C15H20N2O3S/c1-2-11-20-12-5-10-17-21(18,19)14-8-3-6-13-7-4-9-16-15(13)14/h3-4,6-9,17H,2,5,10-12H2,1H3. The lowest BCUT2D eigenvalue weighted by atomic mass is 10.2. The molecule has 0 aliphatic heterocycles. The molecular formula is C15H20N2O3S. The summed E-state index contributed by atoms with van der Waals surface area (Å²) in [5, 5.41) is 0.812. The second kappa shape index (κ2) is 7.49. The highest BCUT2D eigenvalue weighted by molar-refractivity contribution is 7.89. The first-order valence-electron chi connectivity index (χ1n) is 7.06. The number of pyridine rings is 1. The van der Waals surface area contributed by atoms with E-state index in [0.717, 1.165) is 11.8 Å². The summed E-state index contributed by atoms with van der Waals surface area (Å²) < 4.78 is 32.6. The van der Waals surface area contributed by atoms with Crippen molar-refractivity contribution in [2.24, 2.45) is 0 Å². The molecule has 0 unspecified atom stereocenters. The Bertz CT molecular complexity index is 681. The zero-order valence-electron chi connectivity index (χ0n) is 12.1. The van der Waals surface area contributed by atoms with E-state index in [1.807, 2.05) is 19.1 Å². The number of fused-ring (bicyclic) bond motifs is 1. The van der Waals surface area contributed by atoms with Gasteiger partial charge in [0, 0.05) is 31.3 Å². The predicted molar refractivity (Wildman–Crippen MR) is 82.7 cm³/mol. The number of rotatable bonds is 8. The van der Waals surface area contributed by atoms with Crippen molar-refractivity contribution in [3.63, 3.8) is 0 Å². The first-order chi connectivity index (χ1) is 10.1. The Morgan fingerprint density at radius 3 is 2.81 bits per heavy atom. The van der Waals surface area contributed by atoms with Crippen LogP contribution in [0, 0.1) is 0 Å². The molecule has 1 aromatic heterocycles. The van der Waals surface area contributed by atoms with Crippen LogP contribution in [0.25, 0.3) is 10.9 Å². The number of nitrogens with zero attached hydrogens (tertiary/aromatic N) is 1. The summed E-state index contributed by atoms with van der Waals surface area (Å²) in [4.78, 5) is 4.39. The average Bonchev–Trinajstić information content (AvgIpc) is 2.50. The molecule has 2 aromatic rings. The highest BCUT2D eigenvalue weighted by atomic mass is 32.2. The monoisotopic (exact) mass is 308 g/mol. The lowest BCUT2D eigenvalue weighted by molar-refractivity contribution is 0.133. The molecule has 0 atom stereocenters. The summed E-state index contributed by atoms with van der Waals surface area (Å²) in [5.41, 5.74) is 0.495. The van der Waals surface area contributed by atoms with Gasteiger partial charge in [-0.25, -0.2) is 13.1 Å². The maximum absolute atomic E-state index is 12.3. The van der Waals surface area contributed by atoms with Crippen LogP contribution in [0.1, 0.15) is 19.8 Å². The molecule has 0 saturated carbocycles. The Kier molecular flexibility index (Phi) is 5.67. The highest BCUT2D eigenvalue weighted by Gasteiger charge is 2.17. The summed E-state index contributed by atoms with van der Waals surface area (Å²) in [6, 6.07) is 8.78. The van der Waals surface area contributed by atoms with Gasteiger partial charge in [0.05, 0.1) is 5.52 Å². The molecular weight excluding hydrogens is 288 g/mol. The molecule has 1 N–H and O–H groups in total. The van der Waals surface area contributed by atoms with E-state index in [9.17, 15) is 8.42 Å². The zero-order chi connectivity index (χ0) is 15.1. The third-order valence-electron chi connectivity index (χ3n) is 2.99. The van der Waals surface area contributed by atoms with E-state index in [2.05, 4.69) is 9.71 Å². The molecule has 5 nitrogen and oxygen atoms in total. The van der Waals surface area contributed by atoms with Gasteiger partial charge in [-0.3, -0.25) is 4.98 Å². The third kappa shape index (κ3) is 4.23. The molecule has 0 amide bonds. The second-order valence-electron chi connectivity index (χ2n) is 4.69. The average molecular weight is 308 g/mol. The Morgan fingerprint density at radius 1 is 1.19 bits per heavy atom. The number of para-hydroxylation sites is 1. The van der Waals surface area contributed by atoms with Crippen LogP contribution < -0.4 is 4.72 Å². The molecule has 0 aliphatic carbocycles. The van der Waals surface area contributed by atoms with Crippen LogP contribution in [0.5, 0.6) is 0 Å². The number of hydrogen-bond acceptors (Lipinski definition) is 4. The molecule has 0 spiro atoms. The van der Waals surface area contributed by atoms with E-state index in [1.54, 1.807) is 24.4 Å². The van der Waals surface area contributed by atoms with Crippen molar-refractivity contribution < 1.29 is 13.2 Å². The molecule has 114 valence electrons. The maximum Gasteiger partial charge on any atom is 0.242 e. The van der Waals surface area contributed by atoms with Crippen molar-refractivity contribution in [1.29, 1.82) is 0 Å². The van der Waals surface area contributed by atoms with E-state index in [4.69, 9.17) is 4.74 Å². The van der Waals surface area contributed by atoms with Gasteiger partial charge < -0.3 is 4.74 Å². The van der Waals surface area contributed by atoms with Crippen molar-refractivity contribution in [2.45, 2.75) is 24.7 Å². The largest absolute Gasteiger partial charge is 0.381 e. The second-order valence-corrected chi connectivity index (χ2v) is 6.43. The van der Waals surface area contributed by atoms with E-state index >= 15 is 0 Å². The van der Waals surface area contributed by atoms with Crippen LogP contribution in [0.2, 0.25) is 0 Å². The Balaban J connectivity index is 2.05. The van der Waals surface area contributed by atoms with Gasteiger partial charge in [-0.05, 0) is 25.0 Å². The summed E-state index contributed by atoms with van der Waals surface area (Å²) >= 11 is 0. The minimum atomic E-state index is -3.55. The van der Waals surface area contributed by atoms with Gasteiger partial charge >= 0.3 is 0 Å². The van der Waals surface area contributed by atoms with Crippen LogP contribution in [0.3, 0.4) is 0 Å². The topological polar surface area (TPSA) is 68.3 Å². The SMILES string of the molecule is CCCOCCCNS(=O)(=O)c1cccc2cccnc12. The third-order valence-corrected chi connectivity index (χ3v) is 4.48. The molecule has 0 fully saturated rings. The van der Waals surface area contributed by atoms with Gasteiger partial charge in [-0.15, -0.1) is 0 Å². The van der Waals surface area contributed by atoms with Crippen molar-refractivity contribution in [3.05, 3.63) is 36.5 Å². The lowest BCUT2D eigenvalue weighted by Crippen LogP contribution is -2.26. The van der Waals surface area contributed by atoms with Crippen molar-refractivity contribution >= 4 is 20.9 Å². The number of aromatic nitrogens is 1. The van der Waals surface area contributed by atoms with Crippen LogP contribution in [0.4, 0.5) is 0 Å². The normalized spacial score (nSPS) is 11.9. The molecule has 0 bridgehead atoms. The fraction of sp³-hybridized carbons (Fsp3) is 0.400. The van der Waals surface area contributed by atoms with Crippen molar-refractivity contribution in [2.75, 3.05) is 19.8 Å². The lowest BCUT2D eigenvalue weighted by Gasteiger charge is -2.09. The van der Waals surface area contributed by atoms with E-state index in [-0.39, 0.29) is 4.90 Å². The van der Waals surface area contributed by atoms with E-state index < -0.39 is 10.0 Å². The fourth-order valence-corrected chi connectivity index (χ4v) is 3.25. The Labute approximate surface area is 125 Å². The minimum Gasteiger partial charge on any atom is -0.381 e. The number of benzene rings is 1. The van der Waals surface area contributed by atoms with Crippen molar-refractivity contribution in [1.82, 2.24) is 9.71 Å². The van der Waals surface area contributed by atoms with Gasteiger partial charge in [0.1, 0.15) is 4.90 Å². The van der Waals surface area contributed by atoms with Gasteiger partial charge in [-0.2, -0.15) is 0 Å². The quantitative estimate of drug-likeness (QED) is 0.760. The van der Waals surface area contributed by atoms with Gasteiger partial charge in [0.25, 0.3) is 0 Å². The summed E-state index contributed by atoms with van der Waals surface area (Å²) in [6.45, 7) is 3.66. The Hall–Kier alpha value is -1.50. The molecule has 1 heterocycles. The van der Waals surface area contributed by atoms with Gasteiger partial charge in [-0.1, -0.05) is 25.1 Å². The maximum atomic E-state index is 12.3. The smallest absolute Gasteiger partial charge is 0.242 e. The highest BCUT2D eigenvalue weighted by Crippen LogP contribution is 2.20. The van der Waals surface area contributed by atoms with Crippen LogP contribution >= 0.6 is 0 Å². The summed E-state index contributed by atoms with van der Waals surface area (Å²) in [6.07, 6.45) is 3.21. The molecule has 0 aliphatic rings. The number of hydrogen-bond donors (Lipinski definition) is 1. The predicted octanol–water partition coefficient (Wildman–Crippen LogP) is 2.33. The fourth-order valence-electron chi connectivity index (χ4n) is 2.00. The van der Waals surface area contributed by atoms with Gasteiger partial charge in [0.2, 0.25) is 10.0 Å². The first kappa shape index (κ1) is 15.9. The van der Waals surface area contributed by atoms with Gasteiger partial charge in [0.15, 0.2) is 0 Å². The van der Waals surface area contributed by atoms with Crippen LogP contribution in [-0.4, -0.2) is 33.2 Å².